The summed E-state index contributed by atoms with van der Waals surface area (Å²) in [5, 5.41) is 13.1. The molecule has 4 rings (SSSR count). The Kier molecular flexibility index (Phi) is 6.72. The maximum absolute atomic E-state index is 12.5. The van der Waals surface area contributed by atoms with Crippen LogP contribution < -0.4 is 5.32 Å². The Hall–Kier alpha value is -3.77. The summed E-state index contributed by atoms with van der Waals surface area (Å²) in [6.07, 6.45) is 6.07. The third-order valence-corrected chi connectivity index (χ3v) is 6.25. The van der Waals surface area contributed by atoms with Crippen LogP contribution >= 0.6 is 11.3 Å². The zero-order chi connectivity index (χ0) is 22.3. The number of thiophene rings is 1. The van der Waals surface area contributed by atoms with Crippen LogP contribution in [0.1, 0.15) is 33.7 Å². The van der Waals surface area contributed by atoms with E-state index in [9.17, 15) is 14.9 Å². The lowest BCUT2D eigenvalue weighted by Crippen LogP contribution is -2.35. The minimum Gasteiger partial charge on any atom is -0.443 e. The van der Waals surface area contributed by atoms with Gasteiger partial charge in [0.25, 0.3) is 0 Å². The van der Waals surface area contributed by atoms with Crippen molar-refractivity contribution in [2.75, 3.05) is 11.9 Å². The molecule has 1 N–H and O–H groups in total. The van der Waals surface area contributed by atoms with Crippen LogP contribution in [0.4, 0.5) is 9.80 Å². The number of hydrogen-bond acceptors (Lipinski definition) is 7. The van der Waals surface area contributed by atoms with Gasteiger partial charge in [0.2, 0.25) is 5.91 Å². The molecule has 4 heterocycles. The molecular weight excluding hydrogens is 426 g/mol. The van der Waals surface area contributed by atoms with Crippen LogP contribution in [-0.2, 0) is 35.5 Å². The number of ether oxygens (including phenoxy) is 1. The first-order valence-corrected chi connectivity index (χ1v) is 11.0. The van der Waals surface area contributed by atoms with Gasteiger partial charge < -0.3 is 15.0 Å². The molecule has 1 aliphatic rings. The lowest BCUT2D eigenvalue weighted by atomic mass is 10.0. The van der Waals surface area contributed by atoms with E-state index in [-0.39, 0.29) is 12.5 Å². The largest absolute Gasteiger partial charge is 0.443 e. The van der Waals surface area contributed by atoms with E-state index in [1.165, 1.54) is 11.3 Å². The lowest BCUT2D eigenvalue weighted by Gasteiger charge is -2.26. The molecule has 0 fully saturated rings. The third kappa shape index (κ3) is 5.10. The van der Waals surface area contributed by atoms with Gasteiger partial charge in [0, 0.05) is 36.4 Å². The Bertz CT molecular complexity index is 1140. The zero-order valence-electron chi connectivity index (χ0n) is 17.3. The van der Waals surface area contributed by atoms with Gasteiger partial charge in [-0.2, -0.15) is 5.26 Å². The molecule has 32 heavy (non-hydrogen) atoms. The lowest BCUT2D eigenvalue weighted by molar-refractivity contribution is -0.116. The van der Waals surface area contributed by atoms with Gasteiger partial charge in [0.15, 0.2) is 0 Å². The molecule has 0 aliphatic carbocycles. The fourth-order valence-corrected chi connectivity index (χ4v) is 4.70. The fraction of sp³-hybridized carbons (Fsp3) is 0.261. The molecule has 0 spiro atoms. The molecule has 2 amide bonds. The number of aromatic nitrogens is 2. The van der Waals surface area contributed by atoms with Gasteiger partial charge in [0.1, 0.15) is 17.7 Å². The van der Waals surface area contributed by atoms with E-state index >= 15 is 0 Å². The summed E-state index contributed by atoms with van der Waals surface area (Å²) in [6.45, 7) is 0.907. The second-order valence-corrected chi connectivity index (χ2v) is 8.38. The molecular formula is C23H21N5O3S. The number of anilines is 1. The van der Waals surface area contributed by atoms with Gasteiger partial charge in [-0.1, -0.05) is 12.1 Å². The molecule has 9 heteroatoms. The van der Waals surface area contributed by atoms with E-state index in [0.29, 0.717) is 48.6 Å². The molecule has 0 saturated heterocycles. The van der Waals surface area contributed by atoms with E-state index in [1.807, 2.05) is 18.2 Å². The smallest absolute Gasteiger partial charge is 0.410 e. The monoisotopic (exact) mass is 447 g/mol. The summed E-state index contributed by atoms with van der Waals surface area (Å²) >= 11 is 1.34. The number of carbonyl (C=O) groups excluding carboxylic acids is 2. The van der Waals surface area contributed by atoms with Crippen molar-refractivity contribution >= 4 is 28.3 Å². The normalized spacial score (nSPS) is 12.5. The molecule has 0 radical (unpaired) electrons. The van der Waals surface area contributed by atoms with Crippen LogP contribution in [0.3, 0.4) is 0 Å². The number of nitriles is 1. The van der Waals surface area contributed by atoms with Crippen LogP contribution in [0.25, 0.3) is 0 Å². The third-order valence-electron chi connectivity index (χ3n) is 5.11. The number of nitrogens with zero attached hydrogens (tertiary/aromatic N) is 4. The minimum atomic E-state index is -0.421. The van der Waals surface area contributed by atoms with Crippen molar-refractivity contribution in [3.8, 4) is 6.07 Å². The molecule has 0 bridgehead atoms. The van der Waals surface area contributed by atoms with E-state index in [0.717, 1.165) is 16.0 Å². The number of carbonyl (C=O) groups is 2. The van der Waals surface area contributed by atoms with Crippen molar-refractivity contribution < 1.29 is 14.3 Å². The Morgan fingerprint density at radius 1 is 1.25 bits per heavy atom. The van der Waals surface area contributed by atoms with Crippen LogP contribution in [0.15, 0.2) is 48.9 Å². The maximum atomic E-state index is 12.5. The Labute approximate surface area is 189 Å². The number of pyridine rings is 2. The predicted molar refractivity (Wildman–Crippen MR) is 119 cm³/mol. The molecule has 0 saturated carbocycles. The van der Waals surface area contributed by atoms with Crippen molar-refractivity contribution in [3.05, 3.63) is 76.2 Å². The summed E-state index contributed by atoms with van der Waals surface area (Å²) in [7, 11) is 0. The first-order chi connectivity index (χ1) is 15.6. The van der Waals surface area contributed by atoms with E-state index in [4.69, 9.17) is 4.74 Å². The van der Waals surface area contributed by atoms with Crippen LogP contribution in [0, 0.1) is 11.3 Å². The average molecular weight is 448 g/mol. The first kappa shape index (κ1) is 21.5. The minimum absolute atomic E-state index is 0.106. The zero-order valence-corrected chi connectivity index (χ0v) is 18.1. The summed E-state index contributed by atoms with van der Waals surface area (Å²) in [6, 6.07) is 11.4. The second kappa shape index (κ2) is 10.0. The summed E-state index contributed by atoms with van der Waals surface area (Å²) < 4.78 is 5.37. The number of fused-ring (bicyclic) bond motifs is 1. The van der Waals surface area contributed by atoms with Crippen molar-refractivity contribution in [2.24, 2.45) is 0 Å². The number of nitrogens with one attached hydrogen (secondary N) is 1. The summed E-state index contributed by atoms with van der Waals surface area (Å²) in [5.41, 5.74) is 3.04. The number of rotatable bonds is 6. The maximum Gasteiger partial charge on any atom is 0.410 e. The van der Waals surface area contributed by atoms with Gasteiger partial charge in [-0.15, -0.1) is 11.3 Å². The Balaban J connectivity index is 1.37. The molecule has 1 aliphatic heterocycles. The van der Waals surface area contributed by atoms with Crippen LogP contribution in [-0.4, -0.2) is 33.4 Å². The SMILES string of the molecule is N#Cc1c(NC(=O)CCc2cccnc2)sc2c1CCN(C(=O)OCc1ccccn1)C2. The summed E-state index contributed by atoms with van der Waals surface area (Å²) in [4.78, 5) is 35.6. The average Bonchev–Trinajstić information content (AvgIpc) is 3.18. The predicted octanol–water partition coefficient (Wildman–Crippen LogP) is 3.68. The highest BCUT2D eigenvalue weighted by molar-refractivity contribution is 7.16. The highest BCUT2D eigenvalue weighted by atomic mass is 32.1. The van der Waals surface area contributed by atoms with Crippen LogP contribution in [0.2, 0.25) is 0 Å². The number of aryl methyl sites for hydroxylation is 1. The second-order valence-electron chi connectivity index (χ2n) is 7.28. The van der Waals surface area contributed by atoms with Gasteiger partial charge in [0.05, 0.1) is 17.8 Å². The van der Waals surface area contributed by atoms with Gasteiger partial charge in [-0.05, 0) is 42.2 Å². The molecule has 3 aromatic rings. The Morgan fingerprint density at radius 2 is 2.16 bits per heavy atom. The van der Waals surface area contributed by atoms with Crippen molar-refractivity contribution in [1.82, 2.24) is 14.9 Å². The highest BCUT2D eigenvalue weighted by Gasteiger charge is 2.28. The van der Waals surface area contributed by atoms with Gasteiger partial charge >= 0.3 is 6.09 Å². The Morgan fingerprint density at radius 3 is 2.91 bits per heavy atom. The topological polar surface area (TPSA) is 108 Å². The van der Waals surface area contributed by atoms with Crippen molar-refractivity contribution in [1.29, 1.82) is 5.26 Å². The van der Waals surface area contributed by atoms with Crippen molar-refractivity contribution in [2.45, 2.75) is 32.4 Å². The van der Waals surface area contributed by atoms with E-state index in [1.54, 1.807) is 35.6 Å². The molecule has 0 aromatic carbocycles. The van der Waals surface area contributed by atoms with E-state index in [2.05, 4.69) is 21.4 Å². The van der Waals surface area contributed by atoms with Gasteiger partial charge in [-0.3, -0.25) is 14.8 Å². The van der Waals surface area contributed by atoms with Crippen molar-refractivity contribution in [3.63, 3.8) is 0 Å². The van der Waals surface area contributed by atoms with Crippen LogP contribution in [0.5, 0.6) is 0 Å². The molecule has 8 nitrogen and oxygen atoms in total. The highest BCUT2D eigenvalue weighted by Crippen LogP contribution is 2.37. The first-order valence-electron chi connectivity index (χ1n) is 10.2. The number of hydrogen-bond donors (Lipinski definition) is 1. The van der Waals surface area contributed by atoms with Gasteiger partial charge in [-0.25, -0.2) is 4.79 Å². The fourth-order valence-electron chi connectivity index (χ4n) is 3.47. The number of amides is 2. The molecule has 0 atom stereocenters. The standard InChI is InChI=1S/C23H21N5O3S/c24-12-19-18-8-11-28(23(30)31-15-17-5-1-2-10-26-17)14-20(18)32-22(19)27-21(29)7-6-16-4-3-9-25-13-16/h1-5,9-10,13H,6-8,11,14-15H2,(H,27,29). The van der Waals surface area contributed by atoms with E-state index < -0.39 is 6.09 Å². The molecule has 0 unspecified atom stereocenters. The molecule has 3 aromatic heterocycles. The molecule has 162 valence electrons. The quantitative estimate of drug-likeness (QED) is 0.618. The summed E-state index contributed by atoms with van der Waals surface area (Å²) in [5.74, 6) is -0.157.